The van der Waals surface area contributed by atoms with Crippen LogP contribution in [-0.2, 0) is 28.8 Å². The molecule has 0 amide bonds. The Morgan fingerprint density at radius 2 is 0.480 bits per heavy atom. The third-order valence-corrected chi connectivity index (χ3v) is 1.22. The zero-order valence-corrected chi connectivity index (χ0v) is 17.0. The van der Waals surface area contributed by atoms with Crippen molar-refractivity contribution < 1.29 is 83.4 Å². The van der Waals surface area contributed by atoms with E-state index in [2.05, 4.69) is 0 Å². The van der Waals surface area contributed by atoms with Gasteiger partial charge in [0, 0.05) is 34.7 Å². The van der Waals surface area contributed by atoms with Crippen molar-refractivity contribution in [1.29, 1.82) is 0 Å². The van der Waals surface area contributed by atoms with Gasteiger partial charge in [0.1, 0.15) is 0 Å². The van der Waals surface area contributed by atoms with E-state index in [0.717, 1.165) is 19.3 Å². The Balaban J connectivity index is -0.0000000360. The number of carbonyl (C=O) groups is 6. The van der Waals surface area contributed by atoms with Gasteiger partial charge in [0.15, 0.2) is 0 Å². The van der Waals surface area contributed by atoms with Crippen LogP contribution in [0.1, 0.15) is 41.5 Å². The van der Waals surface area contributed by atoms with Crippen molar-refractivity contribution in [2.75, 3.05) is 0 Å². The molecule has 0 aromatic heterocycles. The van der Waals surface area contributed by atoms with Gasteiger partial charge in [-0.25, -0.2) is 0 Å². The average molecular weight is 514 g/mol. The molecule has 0 rings (SSSR count). The molecular formula is C15H27DyO9. The molecule has 1 radical (unpaired) electrons. The minimum absolute atomic E-state index is 0. The zero-order valence-electron chi connectivity index (χ0n) is 15.0. The molecule has 0 aliphatic heterocycles. The van der Waals surface area contributed by atoms with Crippen LogP contribution in [0.5, 0.6) is 0 Å². The molecule has 6 N–H and O–H groups in total. The Morgan fingerprint density at radius 1 is 0.400 bits per heavy atom. The van der Waals surface area contributed by atoms with Crippen molar-refractivity contribution in [1.82, 2.24) is 0 Å². The van der Waals surface area contributed by atoms with E-state index in [1.807, 2.05) is 0 Å². The average Bonchev–Trinajstić information content (AvgIpc) is 2.10. The van der Waals surface area contributed by atoms with Gasteiger partial charge in [-0.05, 0) is 41.5 Å². The van der Waals surface area contributed by atoms with Crippen molar-refractivity contribution in [2.45, 2.75) is 41.5 Å². The first kappa shape index (κ1) is 43.8. The van der Waals surface area contributed by atoms with Gasteiger partial charge >= 0.3 is 38.2 Å². The monoisotopic (exact) mass is 515 g/mol. The molecule has 0 saturated carbocycles. The normalized spacial score (nSPS) is 6.48. The Hall–Kier alpha value is -1.22. The summed E-state index contributed by atoms with van der Waals surface area (Å²) in [5.74, 6) is -1.12. The summed E-state index contributed by atoms with van der Waals surface area (Å²) in [5, 5.41) is 0. The van der Waals surface area contributed by atoms with Crippen LogP contribution >= 0.6 is 0 Å². The fourth-order valence-electron chi connectivity index (χ4n) is 0.859. The molecule has 0 aliphatic carbocycles. The first-order valence-electron chi connectivity index (χ1n) is 5.96. The van der Waals surface area contributed by atoms with E-state index in [1.54, 1.807) is 0 Å². The van der Waals surface area contributed by atoms with Crippen LogP contribution in [0.4, 0.5) is 0 Å². The molecule has 0 aromatic rings. The molecule has 0 aliphatic rings. The molecule has 151 valence electrons. The maximum Gasteiger partial charge on any atom is 3.00 e. The zero-order chi connectivity index (χ0) is 17.6. The second-order valence-corrected chi connectivity index (χ2v) is 4.10. The third-order valence-electron chi connectivity index (χ3n) is 1.22. The van der Waals surface area contributed by atoms with E-state index in [9.17, 15) is 28.8 Å². The Morgan fingerprint density at radius 3 is 0.480 bits per heavy atom. The van der Waals surface area contributed by atoms with E-state index in [1.165, 1.54) is 41.5 Å². The molecule has 0 atom stereocenters. The number of rotatable bonds is 6. The summed E-state index contributed by atoms with van der Waals surface area (Å²) in [6.45, 7) is 8.09. The molecular weight excluding hydrogens is 487 g/mol. The van der Waals surface area contributed by atoms with Crippen LogP contribution < -0.4 is 0 Å². The van der Waals surface area contributed by atoms with Gasteiger partial charge in [-0.2, -0.15) is 0 Å². The number of hydrogen-bond donors (Lipinski definition) is 0. The first-order chi connectivity index (χ1) is 9.38. The summed E-state index contributed by atoms with van der Waals surface area (Å²) in [4.78, 5) is 59.9. The van der Waals surface area contributed by atoms with Gasteiger partial charge < -0.3 is 45.2 Å². The maximum absolute atomic E-state index is 9.98. The molecule has 0 fully saturated rings. The summed E-state index contributed by atoms with van der Waals surface area (Å²) < 4.78 is 0. The summed E-state index contributed by atoms with van der Waals surface area (Å²) in [5.41, 5.74) is 0. The number of ketones is 6. The fourth-order valence-corrected chi connectivity index (χ4v) is 0.859. The molecule has 10 heteroatoms. The second kappa shape index (κ2) is 27.6. The van der Waals surface area contributed by atoms with Gasteiger partial charge in [0.2, 0.25) is 0 Å². The smallest absolute Gasteiger partial charge is 0.412 e. The number of hydrogen-bond acceptors (Lipinski definition) is 6. The first-order valence-corrected chi connectivity index (χ1v) is 5.96. The van der Waals surface area contributed by atoms with Crippen LogP contribution in [-0.4, -0.2) is 51.1 Å². The fraction of sp³-hybridized carbons (Fsp3) is 0.400. The standard InChI is InChI=1S/3C5H7O2.Dy.3H2O/c3*1-4(6)3-5(2)7;;;;/h3*3H,1-2H3;;3*1H2/q3*-1;+3;;;. The number of carbonyl (C=O) groups excluding carboxylic acids is 6. The van der Waals surface area contributed by atoms with Gasteiger partial charge in [0.25, 0.3) is 0 Å². The van der Waals surface area contributed by atoms with Crippen LogP contribution in [0.25, 0.3) is 0 Å². The quantitative estimate of drug-likeness (QED) is 0.310. The summed E-state index contributed by atoms with van der Waals surface area (Å²) in [6.07, 6.45) is 3.17. The topological polar surface area (TPSA) is 197 Å². The molecule has 25 heavy (non-hydrogen) atoms. The minimum atomic E-state index is -0.187. The van der Waals surface area contributed by atoms with Crippen LogP contribution in [0.3, 0.4) is 0 Å². The van der Waals surface area contributed by atoms with Crippen LogP contribution in [0, 0.1) is 57.4 Å². The van der Waals surface area contributed by atoms with Crippen molar-refractivity contribution in [2.24, 2.45) is 0 Å². The third kappa shape index (κ3) is 84.6. The summed E-state index contributed by atoms with van der Waals surface area (Å²) in [7, 11) is 0. The van der Waals surface area contributed by atoms with Crippen molar-refractivity contribution in [3.8, 4) is 0 Å². The van der Waals surface area contributed by atoms with Crippen LogP contribution in [0.2, 0.25) is 0 Å². The predicted octanol–water partition coefficient (Wildman–Crippen LogP) is -1.37. The Bertz CT molecular complexity index is 319. The maximum atomic E-state index is 9.98. The SMILES string of the molecule is CC(=O)[CH-]C(C)=O.CC(=O)[CH-]C(C)=O.CC(=O)[CH-]C(C)=O.O.O.O.[Dy+3]. The van der Waals surface area contributed by atoms with E-state index < -0.39 is 0 Å². The van der Waals surface area contributed by atoms with Crippen molar-refractivity contribution >= 4 is 34.7 Å². The molecule has 0 heterocycles. The minimum Gasteiger partial charge on any atom is -0.412 e. The summed E-state index contributed by atoms with van der Waals surface area (Å²) >= 11 is 0. The molecule has 9 nitrogen and oxygen atoms in total. The Kier molecular flexibility index (Phi) is 48.4. The van der Waals surface area contributed by atoms with Gasteiger partial charge in [-0.1, -0.05) is 0 Å². The van der Waals surface area contributed by atoms with E-state index >= 15 is 0 Å². The number of Topliss-reactive ketones (excluding diaryl/α,β-unsaturated/α-hetero) is 6. The molecule has 0 bridgehead atoms. The van der Waals surface area contributed by atoms with E-state index in [4.69, 9.17) is 0 Å². The van der Waals surface area contributed by atoms with Gasteiger partial charge in [0.05, 0.1) is 0 Å². The summed E-state index contributed by atoms with van der Waals surface area (Å²) in [6, 6.07) is 0. The van der Waals surface area contributed by atoms with Crippen LogP contribution in [0.15, 0.2) is 0 Å². The van der Waals surface area contributed by atoms with E-state index in [0.29, 0.717) is 0 Å². The second-order valence-electron chi connectivity index (χ2n) is 4.10. The van der Waals surface area contributed by atoms with Gasteiger partial charge in [-0.15, -0.1) is 0 Å². The molecule has 0 aromatic carbocycles. The molecule has 0 saturated heterocycles. The largest absolute Gasteiger partial charge is 3.00 e. The van der Waals surface area contributed by atoms with Crippen molar-refractivity contribution in [3.05, 3.63) is 19.3 Å². The molecule has 0 spiro atoms. The van der Waals surface area contributed by atoms with E-state index in [-0.39, 0.29) is 89.3 Å². The Labute approximate surface area is 178 Å². The van der Waals surface area contributed by atoms with Gasteiger partial charge in [-0.3, -0.25) is 19.3 Å². The van der Waals surface area contributed by atoms with Crippen molar-refractivity contribution in [3.63, 3.8) is 0 Å². The predicted molar refractivity (Wildman–Crippen MR) is 87.8 cm³/mol. The molecule has 0 unspecified atom stereocenters.